The first kappa shape index (κ1) is 46.9. The van der Waals surface area contributed by atoms with Gasteiger partial charge in [0, 0.05) is 18.6 Å². The number of carbonyl (C=O) groups excluding carboxylic acids is 1. The molecule has 0 aliphatic heterocycles. The van der Waals surface area contributed by atoms with Gasteiger partial charge in [-0.05, 0) is 99.1 Å². The third-order valence-electron chi connectivity index (χ3n) is 9.68. The van der Waals surface area contributed by atoms with Gasteiger partial charge in [-0.3, -0.25) is 4.79 Å². The smallest absolute Gasteiger partial charge is 0.240 e. The van der Waals surface area contributed by atoms with E-state index in [2.05, 4.69) is 88.6 Å². The maximum atomic E-state index is 13.9. The van der Waals surface area contributed by atoms with Crippen molar-refractivity contribution in [2.24, 2.45) is 0 Å². The summed E-state index contributed by atoms with van der Waals surface area (Å²) in [7, 11) is 4.23. The number of allylic oxidation sites excluding steroid dienone is 4. The van der Waals surface area contributed by atoms with Gasteiger partial charge in [-0.1, -0.05) is 154 Å². The van der Waals surface area contributed by atoms with Crippen LogP contribution in [0, 0.1) is 0 Å². The molecule has 4 nitrogen and oxygen atoms in total. The molecule has 0 atom stereocenters. The number of carbonyl (C=O) groups is 1. The summed E-state index contributed by atoms with van der Waals surface area (Å²) in [6.45, 7) is 12.7. The van der Waals surface area contributed by atoms with Gasteiger partial charge in [0.1, 0.15) is 0 Å². The Hall–Kier alpha value is -1.13. The van der Waals surface area contributed by atoms with Crippen molar-refractivity contribution < 1.29 is 4.79 Å². The minimum atomic E-state index is -0.470. The molecule has 0 radical (unpaired) electrons. The molecule has 284 valence electrons. The van der Waals surface area contributed by atoms with Gasteiger partial charge < -0.3 is 15.5 Å². The van der Waals surface area contributed by atoms with Crippen LogP contribution in [0.25, 0.3) is 0 Å². The van der Waals surface area contributed by atoms with E-state index in [1.807, 2.05) is 0 Å². The molecule has 0 bridgehead atoms. The molecule has 0 aromatic carbocycles. The summed E-state index contributed by atoms with van der Waals surface area (Å²) in [5, 5.41) is 7.19. The molecule has 0 heterocycles. The van der Waals surface area contributed by atoms with Gasteiger partial charge in [0.15, 0.2) is 0 Å². The molecule has 0 aliphatic rings. The van der Waals surface area contributed by atoms with Gasteiger partial charge in [0.25, 0.3) is 0 Å². The van der Waals surface area contributed by atoms with E-state index in [9.17, 15) is 4.79 Å². The third-order valence-corrected chi connectivity index (χ3v) is 9.68. The van der Waals surface area contributed by atoms with Crippen LogP contribution in [-0.2, 0) is 4.79 Å². The Balaban J connectivity index is 4.63. The van der Waals surface area contributed by atoms with Crippen LogP contribution in [-0.4, -0.2) is 49.1 Å². The number of hydrogen-bond donors (Lipinski definition) is 2. The van der Waals surface area contributed by atoms with E-state index in [4.69, 9.17) is 0 Å². The van der Waals surface area contributed by atoms with Gasteiger partial charge >= 0.3 is 0 Å². The molecule has 48 heavy (non-hydrogen) atoms. The number of nitrogens with zero attached hydrogens (tertiary/aromatic N) is 1. The quantitative estimate of drug-likeness (QED) is 0.0520. The minimum Gasteiger partial charge on any atom is -0.350 e. The molecule has 0 unspecified atom stereocenters. The summed E-state index contributed by atoms with van der Waals surface area (Å²) in [4.78, 5) is 16.1. The molecule has 0 saturated carbocycles. The van der Waals surface area contributed by atoms with E-state index in [0.717, 1.165) is 38.8 Å². The van der Waals surface area contributed by atoms with Crippen molar-refractivity contribution in [3.05, 3.63) is 24.3 Å². The molecule has 1 amide bonds. The third kappa shape index (κ3) is 30.9. The Morgan fingerprint density at radius 1 is 0.521 bits per heavy atom. The lowest BCUT2D eigenvalue weighted by Crippen LogP contribution is -2.61. The van der Waals surface area contributed by atoms with Crippen molar-refractivity contribution >= 4 is 5.91 Å². The van der Waals surface area contributed by atoms with Crippen molar-refractivity contribution in [1.29, 1.82) is 0 Å². The first-order chi connectivity index (χ1) is 23.2. The van der Waals surface area contributed by atoms with Gasteiger partial charge in [-0.15, -0.1) is 0 Å². The van der Waals surface area contributed by atoms with Gasteiger partial charge in [0.2, 0.25) is 5.91 Å². The van der Waals surface area contributed by atoms with Crippen molar-refractivity contribution in [2.45, 2.75) is 225 Å². The Labute approximate surface area is 302 Å². The van der Waals surface area contributed by atoms with Gasteiger partial charge in [-0.25, -0.2) is 0 Å². The summed E-state index contributed by atoms with van der Waals surface area (Å²) in [5.41, 5.74) is -0.696. The zero-order valence-corrected chi connectivity index (χ0v) is 33.9. The van der Waals surface area contributed by atoms with E-state index in [0.29, 0.717) is 0 Å². The zero-order chi connectivity index (χ0) is 35.6. The molecule has 4 heteroatoms. The average Bonchev–Trinajstić information content (AvgIpc) is 3.03. The molecule has 0 aromatic rings. The monoisotopic (exact) mass is 674 g/mol. The number of unbranched alkanes of at least 4 members (excludes halogenated alkanes) is 22. The molecule has 0 saturated heterocycles. The number of likely N-dealkylation sites (N-methyl/N-ethyl adjacent to an activating group) is 1. The maximum absolute atomic E-state index is 13.9. The lowest BCUT2D eigenvalue weighted by Gasteiger charge is -2.37. The largest absolute Gasteiger partial charge is 0.350 e. The zero-order valence-electron chi connectivity index (χ0n) is 33.9. The summed E-state index contributed by atoms with van der Waals surface area (Å²) in [6.07, 6.45) is 45.4. The second-order valence-electron chi connectivity index (χ2n) is 16.2. The Morgan fingerprint density at radius 3 is 1.19 bits per heavy atom. The Kier molecular flexibility index (Phi) is 32.3. The molecule has 0 spiro atoms. The lowest BCUT2D eigenvalue weighted by atomic mass is 9.84. The van der Waals surface area contributed by atoms with Crippen LogP contribution >= 0.6 is 0 Å². The molecular formula is C44H87N3O. The fourth-order valence-corrected chi connectivity index (χ4v) is 6.58. The van der Waals surface area contributed by atoms with Crippen LogP contribution in [0.3, 0.4) is 0 Å². The molecule has 0 aromatic heterocycles. The van der Waals surface area contributed by atoms with Gasteiger partial charge in [-0.2, -0.15) is 0 Å². The van der Waals surface area contributed by atoms with Crippen molar-refractivity contribution in [2.75, 3.05) is 27.2 Å². The highest BCUT2D eigenvalue weighted by Crippen LogP contribution is 2.25. The van der Waals surface area contributed by atoms with E-state index in [1.54, 1.807) is 0 Å². The molecule has 2 N–H and O–H groups in total. The highest BCUT2D eigenvalue weighted by atomic mass is 16.2. The lowest BCUT2D eigenvalue weighted by molar-refractivity contribution is -0.130. The summed E-state index contributed by atoms with van der Waals surface area (Å²) in [6, 6.07) is 0. The van der Waals surface area contributed by atoms with Crippen molar-refractivity contribution in [3.63, 3.8) is 0 Å². The topological polar surface area (TPSA) is 44.4 Å². The summed E-state index contributed by atoms with van der Waals surface area (Å²) < 4.78 is 0. The van der Waals surface area contributed by atoms with E-state index >= 15 is 0 Å². The Morgan fingerprint density at radius 2 is 0.854 bits per heavy atom. The van der Waals surface area contributed by atoms with Crippen molar-refractivity contribution in [3.8, 4) is 0 Å². The fraction of sp³-hybridized carbons (Fsp3) is 0.886. The second kappa shape index (κ2) is 33.0. The fourth-order valence-electron chi connectivity index (χ4n) is 6.58. The number of nitrogens with one attached hydrogen (secondary N) is 2. The summed E-state index contributed by atoms with van der Waals surface area (Å²) in [5.74, 6) is 0.208. The number of hydrogen-bond acceptors (Lipinski definition) is 3. The predicted octanol–water partition coefficient (Wildman–Crippen LogP) is 12.9. The number of rotatable bonds is 35. The van der Waals surface area contributed by atoms with Crippen LogP contribution in [0.1, 0.15) is 214 Å². The van der Waals surface area contributed by atoms with E-state index < -0.39 is 5.54 Å². The molecular weight excluding hydrogens is 587 g/mol. The van der Waals surface area contributed by atoms with Gasteiger partial charge in [0.05, 0.1) is 5.54 Å². The Bertz CT molecular complexity index is 711. The van der Waals surface area contributed by atoms with E-state index in [-0.39, 0.29) is 11.4 Å². The first-order valence-corrected chi connectivity index (χ1v) is 21.2. The highest BCUT2D eigenvalue weighted by Gasteiger charge is 2.38. The predicted molar refractivity (Wildman–Crippen MR) is 216 cm³/mol. The van der Waals surface area contributed by atoms with Crippen molar-refractivity contribution in [1.82, 2.24) is 15.5 Å². The maximum Gasteiger partial charge on any atom is 0.240 e. The minimum absolute atomic E-state index is 0.208. The standard InChI is InChI=1S/C44H87N3O/c1-8-10-12-14-16-18-20-22-24-26-28-30-32-34-36-38-44(45-40-41-47(6)7,42(48)46-43(3,4)5)39-37-35-33-31-29-27-25-23-21-19-17-15-13-11-9-2/h22-25,45H,8-21,26-41H2,1-7H3,(H,46,48)/b24-22-,25-23-. The van der Waals surface area contributed by atoms with Crippen LogP contribution in [0.2, 0.25) is 0 Å². The first-order valence-electron chi connectivity index (χ1n) is 21.2. The molecule has 0 aliphatic carbocycles. The second-order valence-corrected chi connectivity index (χ2v) is 16.2. The van der Waals surface area contributed by atoms with Crippen LogP contribution in [0.4, 0.5) is 0 Å². The molecule has 0 rings (SSSR count). The van der Waals surface area contributed by atoms with Crippen LogP contribution < -0.4 is 10.6 Å². The van der Waals surface area contributed by atoms with Crippen LogP contribution in [0.15, 0.2) is 24.3 Å². The SMILES string of the molecule is CCCCCCCC/C=C\CCCCCCCC(CCCCCCC/C=C\CCCCCCCC)(NCCN(C)C)C(=O)NC(C)(C)C. The van der Waals surface area contributed by atoms with Crippen LogP contribution in [0.5, 0.6) is 0 Å². The normalized spacial score (nSPS) is 12.7. The molecule has 0 fully saturated rings. The average molecular weight is 674 g/mol. The summed E-state index contributed by atoms with van der Waals surface area (Å²) >= 11 is 0. The number of amides is 1. The highest BCUT2D eigenvalue weighted by molar-refractivity contribution is 5.86. The van der Waals surface area contributed by atoms with E-state index in [1.165, 1.54) is 154 Å².